The van der Waals surface area contributed by atoms with E-state index < -0.39 is 0 Å². The molecule has 2 amide bonds. The SMILES string of the molecule is N=C(N)c1cccc(OCCNC(=O)c2ccc(OC3CCN(C(=O)Oc4ccccc4)CC3)cc2)c1. The molecular weight excluding hydrogens is 472 g/mol. The maximum Gasteiger partial charge on any atom is 0.415 e. The molecule has 1 fully saturated rings. The zero-order valence-corrected chi connectivity index (χ0v) is 20.4. The molecule has 0 aromatic heterocycles. The molecule has 0 aliphatic carbocycles. The molecular formula is C28H30N4O5. The molecule has 4 rings (SSSR count). The van der Waals surface area contributed by atoms with Gasteiger partial charge in [0.25, 0.3) is 5.91 Å². The first kappa shape index (κ1) is 25.6. The summed E-state index contributed by atoms with van der Waals surface area (Å²) in [6.07, 6.45) is 1.03. The standard InChI is InChI=1S/C28H30N4O5/c29-26(30)21-5-4-8-25(19-21)35-18-15-31-27(33)20-9-11-23(12-10-20)36-24-13-16-32(17-14-24)28(34)37-22-6-2-1-3-7-22/h1-12,19,24H,13-18H2,(H3,29,30)(H,31,33). The fourth-order valence-corrected chi connectivity index (χ4v) is 3.88. The summed E-state index contributed by atoms with van der Waals surface area (Å²) in [5.74, 6) is 1.55. The Kier molecular flexibility index (Phi) is 8.59. The summed E-state index contributed by atoms with van der Waals surface area (Å²) in [5, 5.41) is 10.3. The number of amidine groups is 1. The summed E-state index contributed by atoms with van der Waals surface area (Å²) in [4.78, 5) is 26.5. The number of rotatable bonds is 9. The number of ether oxygens (including phenoxy) is 3. The van der Waals surface area contributed by atoms with Gasteiger partial charge >= 0.3 is 6.09 Å². The number of nitrogens with one attached hydrogen (secondary N) is 2. The van der Waals surface area contributed by atoms with E-state index in [1.807, 2.05) is 18.2 Å². The van der Waals surface area contributed by atoms with Gasteiger partial charge in [0.05, 0.1) is 6.54 Å². The lowest BCUT2D eigenvalue weighted by Crippen LogP contribution is -2.43. The van der Waals surface area contributed by atoms with Gasteiger partial charge in [0.1, 0.15) is 35.8 Å². The number of nitrogens with zero attached hydrogens (tertiary/aromatic N) is 1. The quantitative estimate of drug-likeness (QED) is 0.232. The van der Waals surface area contributed by atoms with E-state index in [1.165, 1.54) is 0 Å². The van der Waals surface area contributed by atoms with E-state index in [9.17, 15) is 9.59 Å². The van der Waals surface area contributed by atoms with Gasteiger partial charge in [0.2, 0.25) is 0 Å². The second-order valence-corrected chi connectivity index (χ2v) is 8.56. The van der Waals surface area contributed by atoms with E-state index in [0.29, 0.717) is 60.9 Å². The Morgan fingerprint density at radius 3 is 2.30 bits per heavy atom. The third kappa shape index (κ3) is 7.47. The van der Waals surface area contributed by atoms with Gasteiger partial charge in [0.15, 0.2) is 0 Å². The largest absolute Gasteiger partial charge is 0.492 e. The fourth-order valence-electron chi connectivity index (χ4n) is 3.88. The molecule has 0 saturated carbocycles. The molecule has 192 valence electrons. The number of carbonyl (C=O) groups excluding carboxylic acids is 2. The minimum atomic E-state index is -0.352. The highest BCUT2D eigenvalue weighted by Crippen LogP contribution is 2.21. The van der Waals surface area contributed by atoms with Crippen molar-refractivity contribution in [3.8, 4) is 17.2 Å². The predicted molar refractivity (Wildman–Crippen MR) is 139 cm³/mol. The van der Waals surface area contributed by atoms with E-state index >= 15 is 0 Å². The number of nitrogen functional groups attached to an aromatic ring is 1. The number of piperidine rings is 1. The average Bonchev–Trinajstić information content (AvgIpc) is 2.92. The van der Waals surface area contributed by atoms with E-state index in [1.54, 1.807) is 65.6 Å². The molecule has 1 aliphatic heterocycles. The minimum Gasteiger partial charge on any atom is -0.492 e. The van der Waals surface area contributed by atoms with Gasteiger partial charge in [-0.1, -0.05) is 30.3 Å². The Bertz CT molecular complexity index is 1210. The van der Waals surface area contributed by atoms with Crippen LogP contribution in [0.4, 0.5) is 4.79 Å². The molecule has 0 spiro atoms. The summed E-state index contributed by atoms with van der Waals surface area (Å²) >= 11 is 0. The van der Waals surface area contributed by atoms with E-state index in [0.717, 1.165) is 0 Å². The molecule has 9 heteroatoms. The van der Waals surface area contributed by atoms with Crippen molar-refractivity contribution in [1.82, 2.24) is 10.2 Å². The molecule has 1 aliphatic rings. The lowest BCUT2D eigenvalue weighted by Gasteiger charge is -2.31. The maximum atomic E-state index is 12.4. The Labute approximate surface area is 215 Å². The van der Waals surface area contributed by atoms with Gasteiger partial charge < -0.3 is 30.2 Å². The maximum absolute atomic E-state index is 12.4. The highest BCUT2D eigenvalue weighted by molar-refractivity contribution is 5.95. The summed E-state index contributed by atoms with van der Waals surface area (Å²) < 4.78 is 17.1. The van der Waals surface area contributed by atoms with Crippen molar-refractivity contribution in [2.75, 3.05) is 26.2 Å². The third-order valence-corrected chi connectivity index (χ3v) is 5.87. The minimum absolute atomic E-state index is 0.0147. The molecule has 37 heavy (non-hydrogen) atoms. The van der Waals surface area contributed by atoms with Crippen LogP contribution in [0.3, 0.4) is 0 Å². The number of likely N-dealkylation sites (tertiary alicyclic amines) is 1. The van der Waals surface area contributed by atoms with Crippen LogP contribution >= 0.6 is 0 Å². The molecule has 1 saturated heterocycles. The molecule has 0 unspecified atom stereocenters. The summed E-state index contributed by atoms with van der Waals surface area (Å²) in [6, 6.07) is 22.9. The number of para-hydroxylation sites is 1. The summed E-state index contributed by atoms with van der Waals surface area (Å²) in [7, 11) is 0. The number of amides is 2. The van der Waals surface area contributed by atoms with Crippen molar-refractivity contribution in [3.63, 3.8) is 0 Å². The van der Waals surface area contributed by atoms with Crippen molar-refractivity contribution in [2.24, 2.45) is 5.73 Å². The van der Waals surface area contributed by atoms with Gasteiger partial charge in [-0.25, -0.2) is 4.79 Å². The topological polar surface area (TPSA) is 127 Å². The number of carbonyl (C=O) groups is 2. The lowest BCUT2D eigenvalue weighted by atomic mass is 10.1. The normalized spacial score (nSPS) is 13.5. The van der Waals surface area contributed by atoms with Gasteiger partial charge in [-0.3, -0.25) is 10.2 Å². The Balaban J connectivity index is 1.16. The van der Waals surface area contributed by atoms with Crippen LogP contribution in [0.25, 0.3) is 0 Å². The Hall–Kier alpha value is -4.53. The van der Waals surface area contributed by atoms with Crippen LogP contribution in [0.1, 0.15) is 28.8 Å². The number of hydrogen-bond donors (Lipinski definition) is 3. The van der Waals surface area contributed by atoms with E-state index in [2.05, 4.69) is 5.32 Å². The van der Waals surface area contributed by atoms with Crippen LogP contribution in [-0.2, 0) is 0 Å². The average molecular weight is 503 g/mol. The summed E-state index contributed by atoms with van der Waals surface area (Å²) in [6.45, 7) is 1.72. The van der Waals surface area contributed by atoms with Gasteiger partial charge in [0, 0.05) is 37.1 Å². The zero-order chi connectivity index (χ0) is 26.0. The van der Waals surface area contributed by atoms with Crippen molar-refractivity contribution in [3.05, 3.63) is 90.0 Å². The van der Waals surface area contributed by atoms with Crippen LogP contribution in [0.15, 0.2) is 78.9 Å². The highest BCUT2D eigenvalue weighted by atomic mass is 16.6. The molecule has 3 aromatic rings. The molecule has 9 nitrogen and oxygen atoms in total. The lowest BCUT2D eigenvalue weighted by molar-refractivity contribution is 0.0930. The van der Waals surface area contributed by atoms with Crippen molar-refractivity contribution in [2.45, 2.75) is 18.9 Å². The van der Waals surface area contributed by atoms with Crippen LogP contribution < -0.4 is 25.3 Å². The first-order valence-electron chi connectivity index (χ1n) is 12.1. The zero-order valence-electron chi connectivity index (χ0n) is 20.4. The molecule has 0 radical (unpaired) electrons. The number of benzene rings is 3. The first-order valence-corrected chi connectivity index (χ1v) is 12.1. The smallest absolute Gasteiger partial charge is 0.415 e. The monoisotopic (exact) mass is 502 g/mol. The van der Waals surface area contributed by atoms with Gasteiger partial charge in [-0.2, -0.15) is 0 Å². The Morgan fingerprint density at radius 1 is 0.892 bits per heavy atom. The molecule has 4 N–H and O–H groups in total. The van der Waals surface area contributed by atoms with Crippen LogP contribution in [-0.4, -0.2) is 55.1 Å². The number of hydrogen-bond acceptors (Lipinski definition) is 6. The van der Waals surface area contributed by atoms with Crippen LogP contribution in [0.2, 0.25) is 0 Å². The molecule has 0 bridgehead atoms. The molecule has 0 atom stereocenters. The number of nitrogens with two attached hydrogens (primary N) is 1. The van der Waals surface area contributed by atoms with Crippen LogP contribution in [0.5, 0.6) is 17.2 Å². The van der Waals surface area contributed by atoms with Gasteiger partial charge in [-0.15, -0.1) is 0 Å². The van der Waals surface area contributed by atoms with E-state index in [-0.39, 0.29) is 30.5 Å². The van der Waals surface area contributed by atoms with E-state index in [4.69, 9.17) is 25.4 Å². The predicted octanol–water partition coefficient (Wildman–Crippen LogP) is 3.82. The second-order valence-electron chi connectivity index (χ2n) is 8.56. The third-order valence-electron chi connectivity index (χ3n) is 5.87. The first-order chi connectivity index (χ1) is 18.0. The highest BCUT2D eigenvalue weighted by Gasteiger charge is 2.25. The van der Waals surface area contributed by atoms with Crippen molar-refractivity contribution >= 4 is 17.8 Å². The van der Waals surface area contributed by atoms with Crippen molar-refractivity contribution < 1.29 is 23.8 Å². The fraction of sp³-hybridized carbons (Fsp3) is 0.250. The second kappa shape index (κ2) is 12.4. The summed E-state index contributed by atoms with van der Waals surface area (Å²) in [5.41, 5.74) is 6.59. The van der Waals surface area contributed by atoms with Gasteiger partial charge in [-0.05, 0) is 48.5 Å². The van der Waals surface area contributed by atoms with Crippen molar-refractivity contribution in [1.29, 1.82) is 5.41 Å². The molecule has 3 aromatic carbocycles. The van der Waals surface area contributed by atoms with Crippen LogP contribution in [0, 0.1) is 5.41 Å². The Morgan fingerprint density at radius 2 is 1.59 bits per heavy atom. The molecule has 1 heterocycles.